The monoisotopic (exact) mass is 126 g/mol. The van der Waals surface area contributed by atoms with Crippen LogP contribution in [0, 0.1) is 0 Å². The summed E-state index contributed by atoms with van der Waals surface area (Å²) in [6.07, 6.45) is 3.95. The van der Waals surface area contributed by atoms with E-state index in [1.54, 1.807) is 6.08 Å². The van der Waals surface area contributed by atoms with Gasteiger partial charge in [0, 0.05) is 0 Å². The first kappa shape index (κ1) is 8.44. The third kappa shape index (κ3) is 3.09. The van der Waals surface area contributed by atoms with Gasteiger partial charge in [0.05, 0.1) is 6.10 Å². The summed E-state index contributed by atoms with van der Waals surface area (Å²) in [4.78, 5) is 0. The van der Waals surface area contributed by atoms with Crippen LogP contribution in [-0.2, 0) is 0 Å². The van der Waals surface area contributed by atoms with Gasteiger partial charge in [0.15, 0.2) is 0 Å². The van der Waals surface area contributed by atoms with E-state index >= 15 is 0 Å². The van der Waals surface area contributed by atoms with Gasteiger partial charge in [0.1, 0.15) is 0 Å². The Labute approximate surface area is 56.7 Å². The van der Waals surface area contributed by atoms with Gasteiger partial charge in [0.2, 0.25) is 0 Å². The molecule has 0 bridgehead atoms. The molecule has 1 N–H and O–H groups in total. The predicted octanol–water partition coefficient (Wildman–Crippen LogP) is 1.89. The molecule has 52 valence electrons. The minimum atomic E-state index is -0.326. The number of hydrogen-bond acceptors (Lipinski definition) is 1. The molecule has 0 aromatic heterocycles. The normalized spacial score (nSPS) is 15.2. The zero-order valence-electron chi connectivity index (χ0n) is 6.09. The fourth-order valence-electron chi connectivity index (χ4n) is 0.536. The minimum Gasteiger partial charge on any atom is -0.388 e. The summed E-state index contributed by atoms with van der Waals surface area (Å²) in [6, 6.07) is 0. The van der Waals surface area contributed by atoms with E-state index in [0.29, 0.717) is 6.42 Å². The van der Waals surface area contributed by atoms with E-state index in [1.807, 2.05) is 19.9 Å². The molecule has 0 amide bonds. The number of aliphatic hydroxyl groups is 1. The molecule has 0 aliphatic carbocycles. The minimum absolute atomic E-state index is 0.326. The van der Waals surface area contributed by atoms with Gasteiger partial charge >= 0.3 is 0 Å². The van der Waals surface area contributed by atoms with Crippen LogP contribution in [0.1, 0.15) is 20.3 Å². The third-order valence-electron chi connectivity index (χ3n) is 1.37. The highest BCUT2D eigenvalue weighted by Gasteiger charge is 2.00. The van der Waals surface area contributed by atoms with E-state index in [0.717, 1.165) is 5.57 Å². The molecule has 0 saturated heterocycles. The van der Waals surface area contributed by atoms with E-state index in [-0.39, 0.29) is 6.10 Å². The van der Waals surface area contributed by atoms with Gasteiger partial charge in [-0.25, -0.2) is 0 Å². The SMILES string of the molecule is C=CCC(O)/C(C)=C/C. The molecule has 0 spiro atoms. The lowest BCUT2D eigenvalue weighted by Gasteiger charge is -2.06. The average molecular weight is 126 g/mol. The largest absolute Gasteiger partial charge is 0.388 e. The maximum Gasteiger partial charge on any atom is 0.0781 e. The fourth-order valence-corrected chi connectivity index (χ4v) is 0.536. The number of rotatable bonds is 3. The van der Waals surface area contributed by atoms with Crippen LogP contribution in [0.5, 0.6) is 0 Å². The molecule has 0 heterocycles. The van der Waals surface area contributed by atoms with Crippen LogP contribution >= 0.6 is 0 Å². The smallest absolute Gasteiger partial charge is 0.0781 e. The summed E-state index contributed by atoms with van der Waals surface area (Å²) in [7, 11) is 0. The van der Waals surface area contributed by atoms with E-state index in [9.17, 15) is 5.11 Å². The molecule has 0 aromatic carbocycles. The first-order valence-electron chi connectivity index (χ1n) is 3.14. The molecule has 0 radical (unpaired) electrons. The van der Waals surface area contributed by atoms with Crippen molar-refractivity contribution in [2.45, 2.75) is 26.4 Å². The maximum absolute atomic E-state index is 9.18. The molecular formula is C8H14O. The van der Waals surface area contributed by atoms with Crippen LogP contribution in [0.4, 0.5) is 0 Å². The van der Waals surface area contributed by atoms with Crippen molar-refractivity contribution in [3.63, 3.8) is 0 Å². The Bertz CT molecular complexity index is 114. The fraction of sp³-hybridized carbons (Fsp3) is 0.500. The second kappa shape index (κ2) is 4.33. The summed E-state index contributed by atoms with van der Waals surface area (Å²) in [5.74, 6) is 0. The number of allylic oxidation sites excluding steroid dienone is 1. The lowest BCUT2D eigenvalue weighted by atomic mass is 10.1. The van der Waals surface area contributed by atoms with Crippen LogP contribution in [-0.4, -0.2) is 11.2 Å². The van der Waals surface area contributed by atoms with E-state index < -0.39 is 0 Å². The van der Waals surface area contributed by atoms with Crippen LogP contribution in [0.25, 0.3) is 0 Å². The van der Waals surface area contributed by atoms with Crippen molar-refractivity contribution in [2.24, 2.45) is 0 Å². The van der Waals surface area contributed by atoms with Crippen molar-refractivity contribution in [1.82, 2.24) is 0 Å². The molecule has 1 unspecified atom stereocenters. The van der Waals surface area contributed by atoms with Gasteiger partial charge in [-0.1, -0.05) is 12.2 Å². The van der Waals surface area contributed by atoms with E-state index in [1.165, 1.54) is 0 Å². The van der Waals surface area contributed by atoms with Gasteiger partial charge in [0.25, 0.3) is 0 Å². The van der Waals surface area contributed by atoms with Crippen molar-refractivity contribution in [3.05, 3.63) is 24.3 Å². The molecule has 1 atom stereocenters. The quantitative estimate of drug-likeness (QED) is 0.572. The van der Waals surface area contributed by atoms with E-state index in [4.69, 9.17) is 0 Å². The summed E-state index contributed by atoms with van der Waals surface area (Å²) < 4.78 is 0. The van der Waals surface area contributed by atoms with Gasteiger partial charge in [-0.05, 0) is 25.8 Å². The molecule has 0 aliphatic heterocycles. The average Bonchev–Trinajstić information content (AvgIpc) is 1.87. The Hall–Kier alpha value is -0.560. The molecule has 1 heteroatoms. The van der Waals surface area contributed by atoms with Crippen LogP contribution in [0.2, 0.25) is 0 Å². The van der Waals surface area contributed by atoms with Crippen LogP contribution in [0.15, 0.2) is 24.3 Å². The van der Waals surface area contributed by atoms with E-state index in [2.05, 4.69) is 6.58 Å². The highest BCUT2D eigenvalue weighted by molar-refractivity contribution is 5.04. The number of hydrogen-bond donors (Lipinski definition) is 1. The Morgan fingerprint density at radius 3 is 2.67 bits per heavy atom. The molecule has 0 fully saturated rings. The van der Waals surface area contributed by atoms with Crippen LogP contribution in [0.3, 0.4) is 0 Å². The molecule has 0 aromatic rings. The molecule has 9 heavy (non-hydrogen) atoms. The summed E-state index contributed by atoms with van der Waals surface area (Å²) in [5, 5.41) is 9.18. The molecule has 0 saturated carbocycles. The molecular weight excluding hydrogens is 112 g/mol. The highest BCUT2D eigenvalue weighted by Crippen LogP contribution is 2.04. The van der Waals surface area contributed by atoms with Crippen molar-refractivity contribution in [2.75, 3.05) is 0 Å². The van der Waals surface area contributed by atoms with Gasteiger partial charge in [-0.15, -0.1) is 6.58 Å². The summed E-state index contributed by atoms with van der Waals surface area (Å²) in [5.41, 5.74) is 1.01. The van der Waals surface area contributed by atoms with Gasteiger partial charge < -0.3 is 5.11 Å². The van der Waals surface area contributed by atoms with Crippen LogP contribution < -0.4 is 0 Å². The summed E-state index contributed by atoms with van der Waals surface area (Å²) >= 11 is 0. The zero-order chi connectivity index (χ0) is 7.28. The Kier molecular flexibility index (Phi) is 4.06. The summed E-state index contributed by atoms with van der Waals surface area (Å²) in [6.45, 7) is 7.36. The Morgan fingerprint density at radius 1 is 1.78 bits per heavy atom. The second-order valence-electron chi connectivity index (χ2n) is 2.07. The zero-order valence-corrected chi connectivity index (χ0v) is 6.09. The molecule has 0 aliphatic rings. The first-order valence-corrected chi connectivity index (χ1v) is 3.14. The molecule has 1 nitrogen and oxygen atoms in total. The van der Waals surface area contributed by atoms with Crippen molar-refractivity contribution in [3.8, 4) is 0 Å². The highest BCUT2D eigenvalue weighted by atomic mass is 16.3. The predicted molar refractivity (Wildman–Crippen MR) is 40.3 cm³/mol. The topological polar surface area (TPSA) is 20.2 Å². The third-order valence-corrected chi connectivity index (χ3v) is 1.37. The first-order chi connectivity index (χ1) is 4.22. The standard InChI is InChI=1S/C8H14O/c1-4-6-8(9)7(3)5-2/h4-5,8-9H,1,6H2,2-3H3/b7-5+. The maximum atomic E-state index is 9.18. The lowest BCUT2D eigenvalue weighted by molar-refractivity contribution is 0.214. The van der Waals surface area contributed by atoms with Gasteiger partial charge in [-0.3, -0.25) is 0 Å². The second-order valence-corrected chi connectivity index (χ2v) is 2.07. The van der Waals surface area contributed by atoms with Crippen molar-refractivity contribution < 1.29 is 5.11 Å². The lowest BCUT2D eigenvalue weighted by Crippen LogP contribution is -2.05. The van der Waals surface area contributed by atoms with Gasteiger partial charge in [-0.2, -0.15) is 0 Å². The Morgan fingerprint density at radius 2 is 2.33 bits per heavy atom. The van der Waals surface area contributed by atoms with Crippen molar-refractivity contribution >= 4 is 0 Å². The Balaban J connectivity index is 3.72. The van der Waals surface area contributed by atoms with Crippen molar-refractivity contribution in [1.29, 1.82) is 0 Å². The number of aliphatic hydroxyl groups excluding tert-OH is 1. The molecule has 0 rings (SSSR count).